The smallest absolute Gasteiger partial charge is 0.259 e. The van der Waals surface area contributed by atoms with E-state index in [2.05, 4.69) is 9.97 Å². The molecule has 0 saturated heterocycles. The van der Waals surface area contributed by atoms with Gasteiger partial charge in [0.05, 0.1) is 10.6 Å². The van der Waals surface area contributed by atoms with Gasteiger partial charge in [-0.3, -0.25) is 4.79 Å². The molecule has 0 spiro atoms. The molecule has 2 heterocycles. The number of aryl methyl sites for hydroxylation is 2. The molecule has 1 atom stereocenters. The van der Waals surface area contributed by atoms with Crippen LogP contribution in [-0.4, -0.2) is 9.97 Å². The third kappa shape index (κ3) is 3.03. The van der Waals surface area contributed by atoms with Gasteiger partial charge in [0.15, 0.2) is 0 Å². The Morgan fingerprint density at radius 3 is 2.74 bits per heavy atom. The number of rotatable bonds is 3. The van der Waals surface area contributed by atoms with Gasteiger partial charge < -0.3 is 4.98 Å². The second kappa shape index (κ2) is 6.05. The molecule has 0 fully saturated rings. The number of halogens is 2. The van der Waals surface area contributed by atoms with Crippen molar-refractivity contribution in [2.75, 3.05) is 0 Å². The zero-order valence-corrected chi connectivity index (χ0v) is 14.4. The number of nitrogens with zero attached hydrogens (tertiary/aromatic N) is 1. The van der Waals surface area contributed by atoms with E-state index in [1.807, 2.05) is 20.8 Å². The number of fused-ring (bicyclic) bond motifs is 1. The molecule has 0 bridgehead atoms. The van der Waals surface area contributed by atoms with Crippen LogP contribution in [0, 0.1) is 25.5 Å². The lowest BCUT2D eigenvalue weighted by Crippen LogP contribution is -2.12. The maximum absolute atomic E-state index is 13.8. The number of hydrogen-bond donors (Lipinski definition) is 1. The molecule has 1 aromatic carbocycles. The zero-order chi connectivity index (χ0) is 16.7. The van der Waals surface area contributed by atoms with E-state index >= 15 is 0 Å². The Morgan fingerprint density at radius 1 is 1.30 bits per heavy atom. The summed E-state index contributed by atoms with van der Waals surface area (Å²) >= 11 is 2.66. The van der Waals surface area contributed by atoms with Gasteiger partial charge in [0.1, 0.15) is 22.3 Å². The van der Waals surface area contributed by atoms with Gasteiger partial charge in [-0.1, -0.05) is 0 Å². The monoisotopic (exact) mass is 352 g/mol. The third-order valence-electron chi connectivity index (χ3n) is 3.64. The summed E-state index contributed by atoms with van der Waals surface area (Å²) in [7, 11) is 0. The Labute approximate surface area is 139 Å². The topological polar surface area (TPSA) is 45.8 Å². The van der Waals surface area contributed by atoms with Crippen molar-refractivity contribution in [2.45, 2.75) is 30.9 Å². The molecular weight excluding hydrogens is 338 g/mol. The Bertz CT molecular complexity index is 949. The molecule has 7 heteroatoms. The SMILES string of the molecule is Cc1sc2nc(C(C)Sc3ccc(F)cc3F)[nH]c(=O)c2c1C. The average Bonchev–Trinajstić information content (AvgIpc) is 2.77. The minimum Gasteiger partial charge on any atom is -0.309 e. The molecule has 3 nitrogen and oxygen atoms in total. The summed E-state index contributed by atoms with van der Waals surface area (Å²) in [6.45, 7) is 5.68. The summed E-state index contributed by atoms with van der Waals surface area (Å²) in [5, 5.41) is 0.344. The van der Waals surface area contributed by atoms with Crippen molar-refractivity contribution in [3.8, 4) is 0 Å². The first-order valence-corrected chi connectivity index (χ1v) is 8.68. The first-order chi connectivity index (χ1) is 10.9. The van der Waals surface area contributed by atoms with Crippen molar-refractivity contribution in [3.63, 3.8) is 0 Å². The van der Waals surface area contributed by atoms with Gasteiger partial charge in [0.25, 0.3) is 5.56 Å². The number of thiophene rings is 1. The Hall–Kier alpha value is -1.73. The fourth-order valence-corrected chi connectivity index (χ4v) is 4.24. The van der Waals surface area contributed by atoms with Crippen LogP contribution >= 0.6 is 23.1 Å². The summed E-state index contributed by atoms with van der Waals surface area (Å²) in [6, 6.07) is 3.45. The van der Waals surface area contributed by atoms with Crippen molar-refractivity contribution in [2.24, 2.45) is 0 Å². The average molecular weight is 352 g/mol. The van der Waals surface area contributed by atoms with Gasteiger partial charge in [-0.05, 0) is 38.5 Å². The Kier molecular flexibility index (Phi) is 4.25. The molecule has 0 radical (unpaired) electrons. The van der Waals surface area contributed by atoms with Crippen molar-refractivity contribution in [3.05, 3.63) is 56.5 Å². The number of nitrogens with one attached hydrogen (secondary N) is 1. The third-order valence-corrected chi connectivity index (χ3v) is 5.90. The number of aromatic nitrogens is 2. The molecule has 23 heavy (non-hydrogen) atoms. The summed E-state index contributed by atoms with van der Waals surface area (Å²) in [5.41, 5.74) is 0.758. The van der Waals surface area contributed by atoms with Gasteiger partial charge in [-0.25, -0.2) is 13.8 Å². The van der Waals surface area contributed by atoms with E-state index in [0.29, 0.717) is 20.9 Å². The highest BCUT2D eigenvalue weighted by Gasteiger charge is 2.17. The van der Waals surface area contributed by atoms with Crippen LogP contribution in [0.15, 0.2) is 27.9 Å². The lowest BCUT2D eigenvalue weighted by molar-refractivity contribution is 0.565. The molecular formula is C16H14F2N2OS2. The zero-order valence-electron chi connectivity index (χ0n) is 12.7. The molecule has 1 N–H and O–H groups in total. The molecule has 120 valence electrons. The van der Waals surface area contributed by atoms with Gasteiger partial charge in [-0.15, -0.1) is 23.1 Å². The van der Waals surface area contributed by atoms with Crippen LogP contribution in [0.1, 0.15) is 28.4 Å². The number of thioether (sulfide) groups is 1. The summed E-state index contributed by atoms with van der Waals surface area (Å²) in [5.74, 6) is -0.748. The summed E-state index contributed by atoms with van der Waals surface area (Å²) < 4.78 is 26.7. The number of hydrogen-bond acceptors (Lipinski definition) is 4. The van der Waals surface area contributed by atoms with E-state index in [9.17, 15) is 13.6 Å². The van der Waals surface area contributed by atoms with E-state index in [1.165, 1.54) is 35.2 Å². The van der Waals surface area contributed by atoms with Crippen LogP contribution in [0.4, 0.5) is 8.78 Å². The fraction of sp³-hybridized carbons (Fsp3) is 0.250. The Morgan fingerprint density at radius 2 is 2.04 bits per heavy atom. The van der Waals surface area contributed by atoms with E-state index < -0.39 is 11.6 Å². The van der Waals surface area contributed by atoms with Gasteiger partial charge >= 0.3 is 0 Å². The van der Waals surface area contributed by atoms with Crippen LogP contribution in [-0.2, 0) is 0 Å². The second-order valence-electron chi connectivity index (χ2n) is 5.25. The van der Waals surface area contributed by atoms with E-state index in [0.717, 1.165) is 16.5 Å². The number of benzene rings is 1. The minimum atomic E-state index is -0.618. The fourth-order valence-electron chi connectivity index (χ4n) is 2.28. The highest BCUT2D eigenvalue weighted by Crippen LogP contribution is 2.35. The minimum absolute atomic E-state index is 0.182. The second-order valence-corrected chi connectivity index (χ2v) is 7.84. The molecule has 3 aromatic rings. The number of aromatic amines is 1. The lowest BCUT2D eigenvalue weighted by atomic mass is 10.2. The molecule has 1 unspecified atom stereocenters. The van der Waals surface area contributed by atoms with E-state index in [1.54, 1.807) is 0 Å². The lowest BCUT2D eigenvalue weighted by Gasteiger charge is -2.11. The Balaban J connectivity index is 1.98. The predicted octanol–water partition coefficient (Wildman–Crippen LogP) is 4.73. The van der Waals surface area contributed by atoms with Crippen molar-refractivity contribution in [1.82, 2.24) is 9.97 Å². The van der Waals surface area contributed by atoms with Crippen LogP contribution in [0.5, 0.6) is 0 Å². The van der Waals surface area contributed by atoms with Crippen LogP contribution in [0.2, 0.25) is 0 Å². The van der Waals surface area contributed by atoms with Crippen molar-refractivity contribution >= 4 is 33.3 Å². The predicted molar refractivity (Wildman–Crippen MR) is 90.3 cm³/mol. The van der Waals surface area contributed by atoms with E-state index in [-0.39, 0.29) is 10.8 Å². The van der Waals surface area contributed by atoms with Gasteiger partial charge in [0, 0.05) is 15.8 Å². The molecule has 2 aromatic heterocycles. The maximum atomic E-state index is 13.8. The van der Waals surface area contributed by atoms with E-state index in [4.69, 9.17) is 0 Å². The van der Waals surface area contributed by atoms with Crippen LogP contribution in [0.25, 0.3) is 10.2 Å². The molecule has 3 rings (SSSR count). The van der Waals surface area contributed by atoms with Gasteiger partial charge in [-0.2, -0.15) is 0 Å². The largest absolute Gasteiger partial charge is 0.309 e. The highest BCUT2D eigenvalue weighted by molar-refractivity contribution is 7.99. The molecule has 0 amide bonds. The summed E-state index contributed by atoms with van der Waals surface area (Å²) in [6.07, 6.45) is 0. The molecule has 0 aliphatic heterocycles. The molecule has 0 saturated carbocycles. The normalized spacial score (nSPS) is 12.7. The first kappa shape index (κ1) is 16.1. The number of H-pyrrole nitrogens is 1. The van der Waals surface area contributed by atoms with Crippen molar-refractivity contribution in [1.29, 1.82) is 0 Å². The highest BCUT2D eigenvalue weighted by atomic mass is 32.2. The first-order valence-electron chi connectivity index (χ1n) is 6.98. The van der Waals surface area contributed by atoms with Crippen LogP contribution < -0.4 is 5.56 Å². The standard InChI is InChI=1S/C16H14F2N2OS2/c1-7-8(2)23-16-13(7)15(21)19-14(20-16)9(3)22-12-5-4-10(17)6-11(12)18/h4-6,9H,1-3H3,(H,19,20,21). The summed E-state index contributed by atoms with van der Waals surface area (Å²) in [4.78, 5) is 21.6. The quantitative estimate of drug-likeness (QED) is 0.693. The van der Waals surface area contributed by atoms with Gasteiger partial charge in [0.2, 0.25) is 0 Å². The molecule has 0 aliphatic carbocycles. The maximum Gasteiger partial charge on any atom is 0.259 e. The molecule has 0 aliphatic rings. The van der Waals surface area contributed by atoms with Crippen molar-refractivity contribution < 1.29 is 8.78 Å². The van der Waals surface area contributed by atoms with Crippen LogP contribution in [0.3, 0.4) is 0 Å².